The molecule has 0 aliphatic rings. The van der Waals surface area contributed by atoms with Crippen molar-refractivity contribution in [1.82, 2.24) is 5.32 Å². The van der Waals surface area contributed by atoms with E-state index in [-0.39, 0.29) is 23.0 Å². The largest absolute Gasteiger partial charge is 0.496 e. The van der Waals surface area contributed by atoms with Gasteiger partial charge in [-0.15, -0.1) is 0 Å². The average molecular weight is 413 g/mol. The van der Waals surface area contributed by atoms with Crippen LogP contribution < -0.4 is 15.5 Å². The molecule has 0 unspecified atom stereocenters. The van der Waals surface area contributed by atoms with E-state index in [1.807, 2.05) is 61.5 Å². The van der Waals surface area contributed by atoms with Crippen LogP contribution in [0.1, 0.15) is 34.5 Å². The number of carbonyl (C=O) groups is 1. The summed E-state index contributed by atoms with van der Waals surface area (Å²) in [5.41, 5.74) is 2.61. The molecule has 4 rings (SSSR count). The summed E-state index contributed by atoms with van der Waals surface area (Å²) in [7, 11) is 1.60. The number of methoxy groups -OCH3 is 1. The number of hydrogen-bond donors (Lipinski definition) is 1. The molecule has 5 heteroatoms. The van der Waals surface area contributed by atoms with Crippen molar-refractivity contribution >= 4 is 16.9 Å². The van der Waals surface area contributed by atoms with E-state index in [1.54, 1.807) is 32.2 Å². The molecule has 156 valence electrons. The van der Waals surface area contributed by atoms with Crippen LogP contribution in [-0.2, 0) is 0 Å². The topological polar surface area (TPSA) is 68.5 Å². The van der Waals surface area contributed by atoms with Crippen LogP contribution in [0.2, 0.25) is 0 Å². The number of hydrogen-bond acceptors (Lipinski definition) is 4. The molecule has 0 bridgehead atoms. The van der Waals surface area contributed by atoms with Gasteiger partial charge in [0.25, 0.3) is 5.91 Å². The molecule has 1 atom stereocenters. The highest BCUT2D eigenvalue weighted by molar-refractivity contribution is 6.05. The first-order valence-electron chi connectivity index (χ1n) is 10.1. The van der Waals surface area contributed by atoms with Gasteiger partial charge < -0.3 is 14.5 Å². The number of nitrogens with one attached hydrogen (secondary N) is 1. The zero-order valence-electron chi connectivity index (χ0n) is 17.6. The van der Waals surface area contributed by atoms with E-state index in [0.29, 0.717) is 28.0 Å². The first-order chi connectivity index (χ1) is 15.0. The lowest BCUT2D eigenvalue weighted by atomic mass is 10.0. The van der Waals surface area contributed by atoms with Gasteiger partial charge in [0.1, 0.15) is 11.5 Å². The maximum absolute atomic E-state index is 13.2. The summed E-state index contributed by atoms with van der Waals surface area (Å²) in [5, 5.41) is 3.38. The van der Waals surface area contributed by atoms with Gasteiger partial charge in [-0.1, -0.05) is 54.6 Å². The van der Waals surface area contributed by atoms with Gasteiger partial charge in [-0.2, -0.15) is 0 Å². The Hall–Kier alpha value is -3.86. The molecule has 1 aromatic heterocycles. The van der Waals surface area contributed by atoms with Gasteiger partial charge >= 0.3 is 0 Å². The van der Waals surface area contributed by atoms with Crippen LogP contribution in [0.5, 0.6) is 5.75 Å². The van der Waals surface area contributed by atoms with E-state index in [9.17, 15) is 9.59 Å². The highest BCUT2D eigenvalue weighted by atomic mass is 16.5. The smallest absolute Gasteiger partial charge is 0.255 e. The highest BCUT2D eigenvalue weighted by Crippen LogP contribution is 2.28. The summed E-state index contributed by atoms with van der Waals surface area (Å²) in [4.78, 5) is 26.2. The fraction of sp³-hybridized carbons (Fsp3) is 0.154. The molecule has 0 saturated heterocycles. The first kappa shape index (κ1) is 20.4. The molecule has 0 saturated carbocycles. The van der Waals surface area contributed by atoms with Crippen LogP contribution in [0.25, 0.3) is 22.3 Å². The van der Waals surface area contributed by atoms with Gasteiger partial charge in [-0.05, 0) is 32.0 Å². The first-order valence-corrected chi connectivity index (χ1v) is 10.1. The van der Waals surface area contributed by atoms with Gasteiger partial charge in [0.05, 0.1) is 24.1 Å². The lowest BCUT2D eigenvalue weighted by Gasteiger charge is -2.18. The second-order valence-corrected chi connectivity index (χ2v) is 7.37. The van der Waals surface area contributed by atoms with Gasteiger partial charge in [-0.25, -0.2) is 0 Å². The van der Waals surface area contributed by atoms with E-state index < -0.39 is 0 Å². The predicted molar refractivity (Wildman–Crippen MR) is 122 cm³/mol. The van der Waals surface area contributed by atoms with Crippen molar-refractivity contribution in [3.63, 3.8) is 0 Å². The number of para-hydroxylation sites is 2. The Morgan fingerprint density at radius 1 is 0.968 bits per heavy atom. The molecule has 0 spiro atoms. The summed E-state index contributed by atoms with van der Waals surface area (Å²) in [6.45, 7) is 3.63. The van der Waals surface area contributed by atoms with Gasteiger partial charge in [0.2, 0.25) is 0 Å². The molecule has 0 fully saturated rings. The molecular weight excluding hydrogens is 390 g/mol. The van der Waals surface area contributed by atoms with Gasteiger partial charge in [-0.3, -0.25) is 9.59 Å². The standard InChI is InChI=1S/C26H23NO4/c1-16-23(28)20-13-9-14-21(25(20)31-24(16)18-10-5-4-6-11-18)26(29)27-17(2)19-12-7-8-15-22(19)30-3/h4-15,17H,1-3H3,(H,27,29)/t17-/m0/s1. The minimum atomic E-state index is -0.324. The minimum Gasteiger partial charge on any atom is -0.496 e. The third-order valence-electron chi connectivity index (χ3n) is 5.38. The highest BCUT2D eigenvalue weighted by Gasteiger charge is 2.20. The van der Waals surface area contributed by atoms with E-state index >= 15 is 0 Å². The molecule has 3 aromatic carbocycles. The Morgan fingerprint density at radius 2 is 1.68 bits per heavy atom. The Bertz CT molecular complexity index is 1310. The van der Waals surface area contributed by atoms with E-state index in [1.165, 1.54) is 0 Å². The van der Waals surface area contributed by atoms with Gasteiger partial charge in [0.15, 0.2) is 11.0 Å². The third-order valence-corrected chi connectivity index (χ3v) is 5.38. The molecule has 0 aliphatic heterocycles. The number of rotatable bonds is 5. The monoisotopic (exact) mass is 413 g/mol. The maximum atomic E-state index is 13.2. The lowest BCUT2D eigenvalue weighted by Crippen LogP contribution is -2.27. The van der Waals surface area contributed by atoms with Crippen molar-refractivity contribution in [2.45, 2.75) is 19.9 Å². The van der Waals surface area contributed by atoms with Crippen molar-refractivity contribution in [3.05, 3.63) is 99.7 Å². The van der Waals surface area contributed by atoms with Crippen LogP contribution in [0.3, 0.4) is 0 Å². The molecule has 1 amide bonds. The number of fused-ring (bicyclic) bond motifs is 1. The number of ether oxygens (including phenoxy) is 1. The van der Waals surface area contributed by atoms with E-state index in [0.717, 1.165) is 11.1 Å². The molecule has 0 radical (unpaired) electrons. The van der Waals surface area contributed by atoms with Crippen molar-refractivity contribution < 1.29 is 13.9 Å². The van der Waals surface area contributed by atoms with Crippen molar-refractivity contribution in [2.24, 2.45) is 0 Å². The Balaban J connectivity index is 1.78. The second-order valence-electron chi connectivity index (χ2n) is 7.37. The summed E-state index contributed by atoms with van der Waals surface area (Å²) in [5.74, 6) is 0.841. The summed E-state index contributed by atoms with van der Waals surface area (Å²) in [6.07, 6.45) is 0. The Morgan fingerprint density at radius 3 is 2.42 bits per heavy atom. The zero-order valence-corrected chi connectivity index (χ0v) is 17.6. The Kier molecular flexibility index (Phi) is 5.58. The predicted octanol–water partition coefficient (Wildman–Crippen LogP) is 5.27. The fourth-order valence-corrected chi connectivity index (χ4v) is 3.73. The van der Waals surface area contributed by atoms with Crippen LogP contribution in [0.15, 0.2) is 82.0 Å². The fourth-order valence-electron chi connectivity index (χ4n) is 3.73. The minimum absolute atomic E-state index is 0.146. The van der Waals surface area contributed by atoms with Crippen molar-refractivity contribution in [3.8, 4) is 17.1 Å². The molecule has 5 nitrogen and oxygen atoms in total. The molecular formula is C26H23NO4. The quantitative estimate of drug-likeness (QED) is 0.484. The molecule has 1 heterocycles. The number of benzene rings is 3. The summed E-state index contributed by atoms with van der Waals surface area (Å²) >= 11 is 0. The van der Waals surface area contributed by atoms with Crippen LogP contribution >= 0.6 is 0 Å². The van der Waals surface area contributed by atoms with Gasteiger partial charge in [0, 0.05) is 16.7 Å². The number of amides is 1. The third kappa shape index (κ3) is 3.82. The Labute approximate surface area is 180 Å². The van der Waals surface area contributed by atoms with E-state index in [2.05, 4.69) is 5.32 Å². The van der Waals surface area contributed by atoms with Crippen LogP contribution in [0, 0.1) is 6.92 Å². The lowest BCUT2D eigenvalue weighted by molar-refractivity contribution is 0.0940. The normalized spacial score (nSPS) is 11.8. The molecule has 0 aliphatic carbocycles. The zero-order chi connectivity index (χ0) is 22.0. The number of carbonyl (C=O) groups excluding carboxylic acids is 1. The van der Waals surface area contributed by atoms with Crippen LogP contribution in [0.4, 0.5) is 0 Å². The summed E-state index contributed by atoms with van der Waals surface area (Å²) < 4.78 is 11.6. The average Bonchev–Trinajstić information content (AvgIpc) is 2.81. The molecule has 1 N–H and O–H groups in total. The maximum Gasteiger partial charge on any atom is 0.255 e. The molecule has 4 aromatic rings. The molecule has 31 heavy (non-hydrogen) atoms. The summed E-state index contributed by atoms with van der Waals surface area (Å²) in [6, 6.07) is 21.7. The van der Waals surface area contributed by atoms with Crippen LogP contribution in [-0.4, -0.2) is 13.0 Å². The SMILES string of the molecule is COc1ccccc1[C@H](C)NC(=O)c1cccc2c(=O)c(C)c(-c3ccccc3)oc12. The second kappa shape index (κ2) is 8.48. The van der Waals surface area contributed by atoms with Crippen molar-refractivity contribution in [1.29, 1.82) is 0 Å². The van der Waals surface area contributed by atoms with Crippen molar-refractivity contribution in [2.75, 3.05) is 7.11 Å². The van der Waals surface area contributed by atoms with E-state index in [4.69, 9.17) is 9.15 Å².